The number of imide groups is 1. The molecule has 1 heterocycles. The molecule has 0 fully saturated rings. The number of benzene rings is 3. The van der Waals surface area contributed by atoms with Crippen LogP contribution in [-0.4, -0.2) is 39.5 Å². The fourth-order valence-electron chi connectivity index (χ4n) is 3.67. The lowest BCUT2D eigenvalue weighted by atomic mass is 10.1. The van der Waals surface area contributed by atoms with Gasteiger partial charge < -0.3 is 10.6 Å². The fourth-order valence-corrected chi connectivity index (χ4v) is 3.79. The Morgan fingerprint density at radius 3 is 2.31 bits per heavy atom. The van der Waals surface area contributed by atoms with Crippen molar-refractivity contribution < 1.29 is 24.1 Å². The molecular weight excluding hydrogens is 476 g/mol. The second-order valence-electron chi connectivity index (χ2n) is 7.61. The Bertz CT molecular complexity index is 1390. The van der Waals surface area contributed by atoms with E-state index in [0.717, 1.165) is 6.07 Å². The van der Waals surface area contributed by atoms with Crippen molar-refractivity contribution in [2.75, 3.05) is 10.6 Å². The van der Waals surface area contributed by atoms with Crippen LogP contribution in [0.2, 0.25) is 5.02 Å². The molecule has 0 radical (unpaired) electrons. The van der Waals surface area contributed by atoms with Crippen LogP contribution in [0.3, 0.4) is 0 Å². The smallest absolute Gasteiger partial charge is 0.282 e. The van der Waals surface area contributed by atoms with Crippen molar-refractivity contribution >= 4 is 52.3 Å². The number of hydrogen-bond donors (Lipinski definition) is 2. The number of nitrogens with one attached hydrogen (secondary N) is 2. The summed E-state index contributed by atoms with van der Waals surface area (Å²) < 4.78 is 0. The van der Waals surface area contributed by atoms with Gasteiger partial charge in [0.05, 0.1) is 21.7 Å². The Kier molecular flexibility index (Phi) is 6.30. The van der Waals surface area contributed by atoms with Gasteiger partial charge in [-0.1, -0.05) is 29.8 Å². The third-order valence-corrected chi connectivity index (χ3v) is 5.67. The maximum atomic E-state index is 13.0. The van der Waals surface area contributed by atoms with Crippen molar-refractivity contribution in [3.05, 3.63) is 98.6 Å². The van der Waals surface area contributed by atoms with Gasteiger partial charge in [0.1, 0.15) is 11.6 Å². The van der Waals surface area contributed by atoms with Gasteiger partial charge >= 0.3 is 0 Å². The Morgan fingerprint density at radius 2 is 1.63 bits per heavy atom. The first kappa shape index (κ1) is 23.6. The van der Waals surface area contributed by atoms with E-state index in [1.165, 1.54) is 31.2 Å². The number of nitro groups is 1. The number of para-hydroxylation sites is 1. The van der Waals surface area contributed by atoms with Crippen LogP contribution >= 0.6 is 11.6 Å². The minimum atomic E-state index is -1.31. The molecule has 10 nitrogen and oxygen atoms in total. The van der Waals surface area contributed by atoms with E-state index in [0.29, 0.717) is 15.6 Å². The topological polar surface area (TPSA) is 139 Å². The summed E-state index contributed by atoms with van der Waals surface area (Å²) in [6.07, 6.45) is 0. The molecule has 3 aromatic rings. The predicted molar refractivity (Wildman–Crippen MR) is 128 cm³/mol. The zero-order valence-electron chi connectivity index (χ0n) is 18.2. The molecule has 3 aromatic carbocycles. The first-order valence-corrected chi connectivity index (χ1v) is 10.7. The zero-order chi connectivity index (χ0) is 25.3. The highest BCUT2D eigenvalue weighted by Gasteiger charge is 2.44. The van der Waals surface area contributed by atoms with Gasteiger partial charge in [-0.3, -0.25) is 34.2 Å². The number of hydrogen-bond acceptors (Lipinski definition) is 6. The summed E-state index contributed by atoms with van der Waals surface area (Å²) in [4.78, 5) is 62.7. The molecule has 11 heteroatoms. The number of anilines is 2. The summed E-state index contributed by atoms with van der Waals surface area (Å²) in [7, 11) is 0. The van der Waals surface area contributed by atoms with Crippen LogP contribution in [0.4, 0.5) is 17.1 Å². The summed E-state index contributed by atoms with van der Waals surface area (Å²) in [6.45, 7) is 1.32. The van der Waals surface area contributed by atoms with Crippen molar-refractivity contribution in [2.24, 2.45) is 0 Å². The number of rotatable bonds is 6. The molecule has 0 unspecified atom stereocenters. The molecule has 176 valence electrons. The van der Waals surface area contributed by atoms with Gasteiger partial charge in [0, 0.05) is 16.8 Å². The quantitative estimate of drug-likeness (QED) is 0.301. The Labute approximate surface area is 203 Å². The minimum absolute atomic E-state index is 0.140. The van der Waals surface area contributed by atoms with Gasteiger partial charge in [0.15, 0.2) is 0 Å². The van der Waals surface area contributed by atoms with Crippen LogP contribution in [-0.2, 0) is 4.79 Å². The normalized spacial score (nSPS) is 13.3. The van der Waals surface area contributed by atoms with Crippen LogP contribution in [0.1, 0.15) is 38.0 Å². The van der Waals surface area contributed by atoms with Crippen molar-refractivity contribution in [2.45, 2.75) is 13.0 Å². The molecule has 0 bridgehead atoms. The average molecular weight is 493 g/mol. The van der Waals surface area contributed by atoms with E-state index < -0.39 is 40.3 Å². The first-order chi connectivity index (χ1) is 16.7. The van der Waals surface area contributed by atoms with Crippen molar-refractivity contribution in [1.29, 1.82) is 0 Å². The monoisotopic (exact) mass is 492 g/mol. The summed E-state index contributed by atoms with van der Waals surface area (Å²) in [6, 6.07) is 15.1. The van der Waals surface area contributed by atoms with Gasteiger partial charge in [-0.15, -0.1) is 0 Å². The molecule has 4 rings (SSSR count). The standard InChI is InChI=1S/C24H17ClN4O6/c1-13(28-23(32)17-6-4-8-19(29(34)35)20(17)24(28)33)21(30)27-18-7-3-2-5-16(18)22(31)26-15-11-9-14(25)10-12-15/h2-13H,1H3,(H,26,31)(H,27,30)/t13-/m0/s1. The van der Waals surface area contributed by atoms with Gasteiger partial charge in [-0.05, 0) is 49.4 Å². The summed E-state index contributed by atoms with van der Waals surface area (Å²) in [5.74, 6) is -3.01. The van der Waals surface area contributed by atoms with Gasteiger partial charge in [-0.2, -0.15) is 0 Å². The molecule has 35 heavy (non-hydrogen) atoms. The highest BCUT2D eigenvalue weighted by atomic mass is 35.5. The van der Waals surface area contributed by atoms with E-state index in [2.05, 4.69) is 10.6 Å². The number of carbonyl (C=O) groups is 4. The lowest BCUT2D eigenvalue weighted by Gasteiger charge is -2.22. The van der Waals surface area contributed by atoms with E-state index in [-0.39, 0.29) is 22.4 Å². The fraction of sp³-hybridized carbons (Fsp3) is 0.0833. The minimum Gasteiger partial charge on any atom is -0.324 e. The van der Waals surface area contributed by atoms with Crippen molar-refractivity contribution in [3.63, 3.8) is 0 Å². The summed E-state index contributed by atoms with van der Waals surface area (Å²) in [5, 5.41) is 17.1. The zero-order valence-corrected chi connectivity index (χ0v) is 18.9. The molecule has 0 aromatic heterocycles. The van der Waals surface area contributed by atoms with E-state index in [9.17, 15) is 29.3 Å². The molecule has 2 N–H and O–H groups in total. The number of nitro benzene ring substituents is 1. The molecule has 0 aliphatic carbocycles. The van der Waals surface area contributed by atoms with E-state index in [1.54, 1.807) is 36.4 Å². The van der Waals surface area contributed by atoms with E-state index in [1.807, 2.05) is 0 Å². The number of nitrogens with zero attached hydrogens (tertiary/aromatic N) is 2. The molecule has 0 spiro atoms. The molecular formula is C24H17ClN4O6. The summed E-state index contributed by atoms with van der Waals surface area (Å²) >= 11 is 5.86. The lowest BCUT2D eigenvalue weighted by Crippen LogP contribution is -2.45. The van der Waals surface area contributed by atoms with Crippen LogP contribution in [0.15, 0.2) is 66.7 Å². The highest BCUT2D eigenvalue weighted by molar-refractivity contribution is 6.30. The Hall–Kier alpha value is -4.57. The molecule has 1 aliphatic rings. The maximum Gasteiger partial charge on any atom is 0.282 e. The number of halogens is 1. The first-order valence-electron chi connectivity index (χ1n) is 10.3. The van der Waals surface area contributed by atoms with Gasteiger partial charge in [0.2, 0.25) is 5.91 Å². The van der Waals surface area contributed by atoms with E-state index in [4.69, 9.17) is 11.6 Å². The molecule has 1 aliphatic heterocycles. The van der Waals surface area contributed by atoms with Crippen LogP contribution in [0.25, 0.3) is 0 Å². The maximum absolute atomic E-state index is 13.0. The highest BCUT2D eigenvalue weighted by Crippen LogP contribution is 2.32. The number of carbonyl (C=O) groups excluding carboxylic acids is 4. The summed E-state index contributed by atoms with van der Waals surface area (Å²) in [5.41, 5.74) is -0.238. The SMILES string of the molecule is C[C@@H](C(=O)Nc1ccccc1C(=O)Nc1ccc(Cl)cc1)N1C(=O)c2cccc([N+](=O)[O-])c2C1=O. The van der Waals surface area contributed by atoms with E-state index >= 15 is 0 Å². The molecule has 1 atom stereocenters. The van der Waals surface area contributed by atoms with Crippen molar-refractivity contribution in [1.82, 2.24) is 4.90 Å². The van der Waals surface area contributed by atoms with Crippen LogP contribution in [0, 0.1) is 10.1 Å². The average Bonchev–Trinajstić information content (AvgIpc) is 3.10. The Balaban J connectivity index is 1.55. The lowest BCUT2D eigenvalue weighted by molar-refractivity contribution is -0.385. The third kappa shape index (κ3) is 4.46. The number of fused-ring (bicyclic) bond motifs is 1. The number of amides is 4. The molecule has 4 amide bonds. The largest absolute Gasteiger partial charge is 0.324 e. The third-order valence-electron chi connectivity index (χ3n) is 5.42. The second kappa shape index (κ2) is 9.35. The van der Waals surface area contributed by atoms with Gasteiger partial charge in [-0.25, -0.2) is 0 Å². The van der Waals surface area contributed by atoms with Crippen LogP contribution in [0.5, 0.6) is 0 Å². The molecule has 0 saturated carbocycles. The van der Waals surface area contributed by atoms with Gasteiger partial charge in [0.25, 0.3) is 23.4 Å². The second-order valence-corrected chi connectivity index (χ2v) is 8.05. The molecule has 0 saturated heterocycles. The van der Waals surface area contributed by atoms with Crippen molar-refractivity contribution in [3.8, 4) is 0 Å². The van der Waals surface area contributed by atoms with Crippen LogP contribution < -0.4 is 10.6 Å². The Morgan fingerprint density at radius 1 is 0.943 bits per heavy atom. The predicted octanol–water partition coefficient (Wildman–Crippen LogP) is 4.12.